The third kappa shape index (κ3) is 2.21. The van der Waals surface area contributed by atoms with Crippen LogP contribution in [0.3, 0.4) is 0 Å². The number of rotatable bonds is 1. The van der Waals surface area contributed by atoms with Gasteiger partial charge in [-0.25, -0.2) is 4.98 Å². The molecule has 1 aromatic heterocycles. The SMILES string of the molecule is CC(C)c1cc(F)ncc1C(F)(F)F. The van der Waals surface area contributed by atoms with E-state index in [1.54, 1.807) is 13.8 Å². The van der Waals surface area contributed by atoms with E-state index in [9.17, 15) is 17.6 Å². The Kier molecular flexibility index (Phi) is 2.78. The predicted octanol–water partition coefficient (Wildman–Crippen LogP) is 3.36. The molecule has 0 radical (unpaired) electrons. The van der Waals surface area contributed by atoms with E-state index in [-0.39, 0.29) is 11.5 Å². The average molecular weight is 207 g/mol. The van der Waals surface area contributed by atoms with Crippen molar-refractivity contribution in [1.82, 2.24) is 4.98 Å². The molecule has 0 aliphatic rings. The second-order valence-corrected chi connectivity index (χ2v) is 3.25. The molecule has 0 bridgehead atoms. The van der Waals surface area contributed by atoms with Crippen LogP contribution in [0.5, 0.6) is 0 Å². The second kappa shape index (κ2) is 3.55. The molecular weight excluding hydrogens is 198 g/mol. The summed E-state index contributed by atoms with van der Waals surface area (Å²) in [6.07, 6.45) is -3.94. The fourth-order valence-corrected chi connectivity index (χ4v) is 1.16. The number of aromatic nitrogens is 1. The maximum atomic E-state index is 12.6. The topological polar surface area (TPSA) is 12.9 Å². The van der Waals surface area contributed by atoms with Gasteiger partial charge in [-0.3, -0.25) is 0 Å². The number of hydrogen-bond acceptors (Lipinski definition) is 1. The first-order valence-corrected chi connectivity index (χ1v) is 4.05. The van der Waals surface area contributed by atoms with Crippen LogP contribution < -0.4 is 0 Å². The number of nitrogens with zero attached hydrogens (tertiary/aromatic N) is 1. The molecule has 0 N–H and O–H groups in total. The third-order valence-corrected chi connectivity index (χ3v) is 1.83. The minimum absolute atomic E-state index is 0.0648. The summed E-state index contributed by atoms with van der Waals surface area (Å²) in [5, 5.41) is 0. The van der Waals surface area contributed by atoms with E-state index in [0.717, 1.165) is 6.07 Å². The zero-order valence-electron chi connectivity index (χ0n) is 7.69. The number of pyridine rings is 1. The Morgan fingerprint density at radius 1 is 1.29 bits per heavy atom. The second-order valence-electron chi connectivity index (χ2n) is 3.25. The Balaban J connectivity index is 3.29. The third-order valence-electron chi connectivity index (χ3n) is 1.83. The van der Waals surface area contributed by atoms with Crippen LogP contribution >= 0.6 is 0 Å². The van der Waals surface area contributed by atoms with E-state index in [0.29, 0.717) is 6.20 Å². The van der Waals surface area contributed by atoms with Gasteiger partial charge in [0.2, 0.25) is 5.95 Å². The minimum Gasteiger partial charge on any atom is -0.228 e. The molecule has 0 atom stereocenters. The Bertz CT molecular complexity index is 330. The van der Waals surface area contributed by atoms with Gasteiger partial charge in [-0.1, -0.05) is 13.8 Å². The molecule has 1 nitrogen and oxygen atoms in total. The van der Waals surface area contributed by atoms with Gasteiger partial charge < -0.3 is 0 Å². The number of hydrogen-bond donors (Lipinski definition) is 0. The summed E-state index contributed by atoms with van der Waals surface area (Å²) < 4.78 is 49.8. The molecule has 0 fully saturated rings. The molecule has 5 heteroatoms. The lowest BCUT2D eigenvalue weighted by Gasteiger charge is -2.14. The standard InChI is InChI=1S/C9H9F4N/c1-5(2)6-3-8(10)14-4-7(6)9(11,12)13/h3-5H,1-2H3. The van der Waals surface area contributed by atoms with Crippen molar-refractivity contribution < 1.29 is 17.6 Å². The van der Waals surface area contributed by atoms with Gasteiger partial charge in [0, 0.05) is 6.20 Å². The number of alkyl halides is 3. The highest BCUT2D eigenvalue weighted by Gasteiger charge is 2.34. The summed E-state index contributed by atoms with van der Waals surface area (Å²) in [4.78, 5) is 3.00. The van der Waals surface area contributed by atoms with Crippen LogP contribution in [0.4, 0.5) is 17.6 Å². The van der Waals surface area contributed by atoms with Crippen LogP contribution in [0.25, 0.3) is 0 Å². The first-order valence-electron chi connectivity index (χ1n) is 4.05. The zero-order valence-corrected chi connectivity index (χ0v) is 7.69. The van der Waals surface area contributed by atoms with Crippen LogP contribution in [-0.4, -0.2) is 4.98 Å². The maximum absolute atomic E-state index is 12.6. The van der Waals surface area contributed by atoms with E-state index in [4.69, 9.17) is 0 Å². The maximum Gasteiger partial charge on any atom is 0.418 e. The van der Waals surface area contributed by atoms with Crippen LogP contribution in [0.15, 0.2) is 12.3 Å². The minimum atomic E-state index is -4.47. The largest absolute Gasteiger partial charge is 0.418 e. The molecule has 1 aromatic rings. The van der Waals surface area contributed by atoms with Crippen molar-refractivity contribution in [3.63, 3.8) is 0 Å². The van der Waals surface area contributed by atoms with E-state index in [1.165, 1.54) is 0 Å². The van der Waals surface area contributed by atoms with Crippen molar-refractivity contribution in [3.8, 4) is 0 Å². The van der Waals surface area contributed by atoms with Gasteiger partial charge >= 0.3 is 6.18 Å². The lowest BCUT2D eigenvalue weighted by molar-refractivity contribution is -0.138. The first kappa shape index (κ1) is 10.9. The van der Waals surface area contributed by atoms with E-state index < -0.39 is 17.7 Å². The molecule has 0 unspecified atom stereocenters. The van der Waals surface area contributed by atoms with Gasteiger partial charge in [0.25, 0.3) is 0 Å². The van der Waals surface area contributed by atoms with Gasteiger partial charge in [-0.15, -0.1) is 0 Å². The molecule has 1 rings (SSSR count). The summed E-state index contributed by atoms with van der Waals surface area (Å²) in [5.41, 5.74) is -0.932. The van der Waals surface area contributed by atoms with Crippen LogP contribution in [0.2, 0.25) is 0 Å². The van der Waals surface area contributed by atoms with Crippen molar-refractivity contribution in [2.24, 2.45) is 0 Å². The smallest absolute Gasteiger partial charge is 0.228 e. The van der Waals surface area contributed by atoms with Crippen molar-refractivity contribution in [3.05, 3.63) is 29.3 Å². The molecule has 78 valence electrons. The van der Waals surface area contributed by atoms with Crippen LogP contribution in [-0.2, 0) is 6.18 Å². The Hall–Kier alpha value is -1.13. The summed E-state index contributed by atoms with van der Waals surface area (Å²) in [7, 11) is 0. The molecule has 0 saturated heterocycles. The first-order chi connectivity index (χ1) is 6.32. The zero-order chi connectivity index (χ0) is 10.9. The molecule has 0 amide bonds. The van der Waals surface area contributed by atoms with E-state index >= 15 is 0 Å². The van der Waals surface area contributed by atoms with E-state index in [2.05, 4.69) is 4.98 Å². The lowest BCUT2D eigenvalue weighted by atomic mass is 9.99. The van der Waals surface area contributed by atoms with Crippen LogP contribution in [0, 0.1) is 5.95 Å². The van der Waals surface area contributed by atoms with Crippen molar-refractivity contribution in [2.75, 3.05) is 0 Å². The molecule has 0 aliphatic carbocycles. The summed E-state index contributed by atoms with van der Waals surface area (Å²) in [6.45, 7) is 3.15. The Morgan fingerprint density at radius 2 is 1.86 bits per heavy atom. The molecule has 14 heavy (non-hydrogen) atoms. The van der Waals surface area contributed by atoms with Gasteiger partial charge in [0.05, 0.1) is 5.56 Å². The molecule has 0 aromatic carbocycles. The lowest BCUT2D eigenvalue weighted by Crippen LogP contribution is -2.11. The van der Waals surface area contributed by atoms with Gasteiger partial charge in [0.1, 0.15) is 0 Å². The predicted molar refractivity (Wildman–Crippen MR) is 43.3 cm³/mol. The van der Waals surface area contributed by atoms with E-state index in [1.807, 2.05) is 0 Å². The monoisotopic (exact) mass is 207 g/mol. The highest BCUT2D eigenvalue weighted by atomic mass is 19.4. The summed E-state index contributed by atoms with van der Waals surface area (Å²) in [6, 6.07) is 0.827. The highest BCUT2D eigenvalue weighted by Crippen LogP contribution is 2.34. The number of halogens is 4. The fraction of sp³-hybridized carbons (Fsp3) is 0.444. The fourth-order valence-electron chi connectivity index (χ4n) is 1.16. The van der Waals surface area contributed by atoms with Crippen molar-refractivity contribution >= 4 is 0 Å². The summed E-state index contributed by atoms with van der Waals surface area (Å²) in [5.74, 6) is -1.27. The summed E-state index contributed by atoms with van der Waals surface area (Å²) >= 11 is 0. The average Bonchev–Trinajstić information content (AvgIpc) is 2.01. The Labute approximate surface area is 78.8 Å². The quantitative estimate of drug-likeness (QED) is 0.508. The molecule has 0 saturated carbocycles. The highest BCUT2D eigenvalue weighted by molar-refractivity contribution is 5.29. The van der Waals surface area contributed by atoms with Crippen molar-refractivity contribution in [2.45, 2.75) is 25.9 Å². The van der Waals surface area contributed by atoms with Crippen LogP contribution in [0.1, 0.15) is 30.9 Å². The molecule has 1 heterocycles. The van der Waals surface area contributed by atoms with Gasteiger partial charge in [-0.2, -0.15) is 17.6 Å². The van der Waals surface area contributed by atoms with Gasteiger partial charge in [0.15, 0.2) is 0 Å². The van der Waals surface area contributed by atoms with Crippen molar-refractivity contribution in [1.29, 1.82) is 0 Å². The van der Waals surface area contributed by atoms with Gasteiger partial charge in [-0.05, 0) is 17.5 Å². The molecular formula is C9H9F4N. The Morgan fingerprint density at radius 3 is 2.29 bits per heavy atom. The molecule has 0 aliphatic heterocycles. The molecule has 0 spiro atoms. The normalized spacial score (nSPS) is 12.2.